The molecule has 0 N–H and O–H groups in total. The number of hydrogen-bond donors (Lipinski definition) is 0. The summed E-state index contributed by atoms with van der Waals surface area (Å²) in [5.41, 5.74) is 6.44. The fourth-order valence-corrected chi connectivity index (χ4v) is 2.45. The van der Waals surface area contributed by atoms with E-state index in [0.29, 0.717) is 0 Å². The standard InChI is InChI=1S/C16H18O2/c1-5-12-8-6-7-9-13(12)14-10(2)11(3)15(14)16(17)18-4/h6-9H,5H2,1-4H3. The predicted octanol–water partition coefficient (Wildman–Crippen LogP) is 3.53. The Morgan fingerprint density at radius 2 is 1.83 bits per heavy atom. The minimum Gasteiger partial charge on any atom is -0.465 e. The molecule has 94 valence electrons. The van der Waals surface area contributed by atoms with Crippen molar-refractivity contribution >= 4 is 11.5 Å². The highest BCUT2D eigenvalue weighted by Gasteiger charge is 2.30. The quantitative estimate of drug-likeness (QED) is 0.758. The summed E-state index contributed by atoms with van der Waals surface area (Å²) >= 11 is 0. The van der Waals surface area contributed by atoms with E-state index >= 15 is 0 Å². The summed E-state index contributed by atoms with van der Waals surface area (Å²) in [6.45, 7) is 6.16. The van der Waals surface area contributed by atoms with Crippen LogP contribution in [0.25, 0.3) is 5.57 Å². The molecule has 0 saturated carbocycles. The summed E-state index contributed by atoms with van der Waals surface area (Å²) in [4.78, 5) is 11.8. The third kappa shape index (κ3) is 1.78. The average Bonchev–Trinajstić information content (AvgIpc) is 2.42. The molecule has 0 bridgehead atoms. The Morgan fingerprint density at radius 1 is 1.17 bits per heavy atom. The van der Waals surface area contributed by atoms with Crippen LogP contribution >= 0.6 is 0 Å². The number of allylic oxidation sites excluding steroid dienone is 2. The maximum Gasteiger partial charge on any atom is 0.338 e. The molecule has 1 aliphatic rings. The SMILES string of the molecule is CCc1ccccc1C1=C(C(=O)OC)C(C)=C1C. The van der Waals surface area contributed by atoms with Gasteiger partial charge in [0, 0.05) is 0 Å². The molecule has 0 aliphatic heterocycles. The van der Waals surface area contributed by atoms with Crippen LogP contribution in [0, 0.1) is 0 Å². The number of carbonyl (C=O) groups excluding carboxylic acids is 1. The lowest BCUT2D eigenvalue weighted by Crippen LogP contribution is -2.18. The van der Waals surface area contributed by atoms with Crippen LogP contribution in [0.3, 0.4) is 0 Å². The lowest BCUT2D eigenvalue weighted by Gasteiger charge is -2.27. The fourth-order valence-electron chi connectivity index (χ4n) is 2.45. The minimum atomic E-state index is -0.237. The summed E-state index contributed by atoms with van der Waals surface area (Å²) in [7, 11) is 1.43. The molecule has 0 unspecified atom stereocenters. The first-order valence-electron chi connectivity index (χ1n) is 6.20. The maximum atomic E-state index is 11.8. The summed E-state index contributed by atoms with van der Waals surface area (Å²) in [5, 5.41) is 0. The molecular formula is C16H18O2. The van der Waals surface area contributed by atoms with Crippen molar-refractivity contribution in [2.24, 2.45) is 0 Å². The maximum absolute atomic E-state index is 11.8. The Balaban J connectivity index is 2.55. The topological polar surface area (TPSA) is 26.3 Å². The summed E-state index contributed by atoms with van der Waals surface area (Å²) in [5.74, 6) is -0.237. The number of methoxy groups -OCH3 is 1. The molecule has 18 heavy (non-hydrogen) atoms. The van der Waals surface area contributed by atoms with Gasteiger partial charge in [0.1, 0.15) is 0 Å². The number of benzene rings is 1. The molecule has 0 saturated heterocycles. The first-order valence-corrected chi connectivity index (χ1v) is 6.20. The van der Waals surface area contributed by atoms with Crippen LogP contribution in [0.4, 0.5) is 0 Å². The molecule has 0 atom stereocenters. The molecule has 2 nitrogen and oxygen atoms in total. The van der Waals surface area contributed by atoms with Gasteiger partial charge >= 0.3 is 5.97 Å². The number of ether oxygens (including phenoxy) is 1. The van der Waals surface area contributed by atoms with Crippen molar-refractivity contribution in [1.29, 1.82) is 0 Å². The summed E-state index contributed by atoms with van der Waals surface area (Å²) in [6.07, 6.45) is 0.959. The first kappa shape index (κ1) is 12.6. The van der Waals surface area contributed by atoms with Crippen LogP contribution in [0.1, 0.15) is 31.9 Å². The van der Waals surface area contributed by atoms with Gasteiger partial charge in [-0.15, -0.1) is 0 Å². The molecule has 0 aromatic heterocycles. The zero-order valence-electron chi connectivity index (χ0n) is 11.3. The Labute approximate surface area is 108 Å². The molecule has 0 heterocycles. The van der Waals surface area contributed by atoms with Crippen molar-refractivity contribution in [1.82, 2.24) is 0 Å². The van der Waals surface area contributed by atoms with E-state index in [1.807, 2.05) is 19.1 Å². The van der Waals surface area contributed by atoms with Crippen LogP contribution in [-0.4, -0.2) is 13.1 Å². The van der Waals surface area contributed by atoms with Crippen LogP contribution < -0.4 is 0 Å². The number of hydrogen-bond acceptors (Lipinski definition) is 2. The second kappa shape index (κ2) is 4.81. The normalized spacial score (nSPS) is 14.7. The third-order valence-corrected chi connectivity index (χ3v) is 3.62. The van der Waals surface area contributed by atoms with Crippen molar-refractivity contribution in [2.75, 3.05) is 7.11 Å². The molecule has 0 fully saturated rings. The zero-order valence-corrected chi connectivity index (χ0v) is 11.3. The highest BCUT2D eigenvalue weighted by molar-refractivity contribution is 6.11. The highest BCUT2D eigenvalue weighted by atomic mass is 16.5. The molecule has 1 aromatic rings. The Bertz CT molecular complexity index is 562. The van der Waals surface area contributed by atoms with E-state index in [9.17, 15) is 4.79 Å². The van der Waals surface area contributed by atoms with Crippen molar-refractivity contribution < 1.29 is 9.53 Å². The van der Waals surface area contributed by atoms with Gasteiger partial charge in [-0.05, 0) is 48.1 Å². The molecular weight excluding hydrogens is 224 g/mol. The number of rotatable bonds is 3. The molecule has 0 spiro atoms. The van der Waals surface area contributed by atoms with E-state index in [0.717, 1.165) is 28.7 Å². The van der Waals surface area contributed by atoms with Crippen molar-refractivity contribution in [3.05, 3.63) is 52.1 Å². The van der Waals surface area contributed by atoms with Crippen molar-refractivity contribution in [3.8, 4) is 0 Å². The fraction of sp³-hybridized carbons (Fsp3) is 0.312. The Hall–Kier alpha value is -1.83. The lowest BCUT2D eigenvalue weighted by atomic mass is 9.77. The molecule has 1 aliphatic carbocycles. The van der Waals surface area contributed by atoms with Gasteiger partial charge < -0.3 is 4.74 Å². The van der Waals surface area contributed by atoms with E-state index in [1.54, 1.807) is 0 Å². The van der Waals surface area contributed by atoms with E-state index in [2.05, 4.69) is 26.0 Å². The second-order valence-electron chi connectivity index (χ2n) is 4.50. The number of esters is 1. The van der Waals surface area contributed by atoms with Gasteiger partial charge in [0.2, 0.25) is 0 Å². The average molecular weight is 242 g/mol. The van der Waals surface area contributed by atoms with Gasteiger partial charge in [0.25, 0.3) is 0 Å². The molecule has 2 heteroatoms. The van der Waals surface area contributed by atoms with Crippen LogP contribution in [-0.2, 0) is 16.0 Å². The van der Waals surface area contributed by atoms with Gasteiger partial charge in [0.05, 0.1) is 12.7 Å². The van der Waals surface area contributed by atoms with E-state index < -0.39 is 0 Å². The van der Waals surface area contributed by atoms with Crippen molar-refractivity contribution in [3.63, 3.8) is 0 Å². The van der Waals surface area contributed by atoms with Crippen LogP contribution in [0.5, 0.6) is 0 Å². The second-order valence-corrected chi connectivity index (χ2v) is 4.50. The largest absolute Gasteiger partial charge is 0.465 e. The van der Waals surface area contributed by atoms with Gasteiger partial charge in [-0.25, -0.2) is 4.79 Å². The van der Waals surface area contributed by atoms with E-state index in [-0.39, 0.29) is 5.97 Å². The zero-order chi connectivity index (χ0) is 13.3. The molecule has 0 radical (unpaired) electrons. The summed E-state index contributed by atoms with van der Waals surface area (Å²) in [6, 6.07) is 8.23. The molecule has 2 rings (SSSR count). The van der Waals surface area contributed by atoms with Crippen molar-refractivity contribution in [2.45, 2.75) is 27.2 Å². The van der Waals surface area contributed by atoms with Crippen LogP contribution in [0.2, 0.25) is 0 Å². The van der Waals surface area contributed by atoms with Gasteiger partial charge in [-0.2, -0.15) is 0 Å². The Kier molecular flexibility index (Phi) is 3.37. The third-order valence-electron chi connectivity index (χ3n) is 3.62. The monoisotopic (exact) mass is 242 g/mol. The number of carbonyl (C=O) groups is 1. The van der Waals surface area contributed by atoms with E-state index in [4.69, 9.17) is 4.74 Å². The highest BCUT2D eigenvalue weighted by Crippen LogP contribution is 2.43. The predicted molar refractivity (Wildman–Crippen MR) is 73.1 cm³/mol. The van der Waals surface area contributed by atoms with Crippen LogP contribution in [0.15, 0.2) is 41.0 Å². The van der Waals surface area contributed by atoms with Gasteiger partial charge in [-0.3, -0.25) is 0 Å². The first-order chi connectivity index (χ1) is 8.61. The summed E-state index contributed by atoms with van der Waals surface area (Å²) < 4.78 is 4.87. The molecule has 0 amide bonds. The minimum absolute atomic E-state index is 0.237. The lowest BCUT2D eigenvalue weighted by molar-refractivity contribution is -0.135. The van der Waals surface area contributed by atoms with Gasteiger partial charge in [0.15, 0.2) is 0 Å². The Morgan fingerprint density at radius 3 is 2.44 bits per heavy atom. The molecule has 1 aromatic carbocycles. The number of aryl methyl sites for hydroxylation is 1. The van der Waals surface area contributed by atoms with Gasteiger partial charge in [-0.1, -0.05) is 31.2 Å². The smallest absolute Gasteiger partial charge is 0.338 e. The van der Waals surface area contributed by atoms with E-state index in [1.165, 1.54) is 18.2 Å².